The summed E-state index contributed by atoms with van der Waals surface area (Å²) in [6, 6.07) is 8.93. The molecule has 0 aliphatic heterocycles. The maximum atomic E-state index is 12.1. The molecule has 3 heteroatoms. The normalized spacial score (nSPS) is 26.8. The minimum atomic E-state index is -1.18. The van der Waals surface area contributed by atoms with E-state index in [-0.39, 0.29) is 11.5 Å². The highest BCUT2D eigenvalue weighted by atomic mass is 16.6. The predicted molar refractivity (Wildman–Crippen MR) is 78.1 cm³/mol. The molecule has 1 aliphatic rings. The zero-order valence-corrected chi connectivity index (χ0v) is 12.5. The van der Waals surface area contributed by atoms with Gasteiger partial charge < -0.3 is 9.84 Å². The number of aliphatic hydroxyl groups is 1. The van der Waals surface area contributed by atoms with E-state index in [1.165, 1.54) is 0 Å². The van der Waals surface area contributed by atoms with Gasteiger partial charge in [0.25, 0.3) is 0 Å². The summed E-state index contributed by atoms with van der Waals surface area (Å²) >= 11 is 0. The van der Waals surface area contributed by atoms with Gasteiger partial charge in [-0.05, 0) is 36.2 Å². The molecule has 1 N–H and O–H groups in total. The van der Waals surface area contributed by atoms with Crippen LogP contribution in [0, 0.1) is 11.3 Å². The fourth-order valence-corrected chi connectivity index (χ4v) is 3.35. The predicted octanol–water partition coefficient (Wildman–Crippen LogP) is 3.48. The third kappa shape index (κ3) is 3.83. The molecule has 0 radical (unpaired) electrons. The fourth-order valence-electron chi connectivity index (χ4n) is 3.35. The number of benzene rings is 1. The van der Waals surface area contributed by atoms with Gasteiger partial charge in [-0.2, -0.15) is 0 Å². The van der Waals surface area contributed by atoms with Crippen LogP contribution in [-0.4, -0.2) is 17.2 Å². The van der Waals surface area contributed by atoms with Crippen LogP contribution in [0.3, 0.4) is 0 Å². The van der Waals surface area contributed by atoms with E-state index in [1.54, 1.807) is 24.3 Å². The van der Waals surface area contributed by atoms with Gasteiger partial charge in [0.05, 0.1) is 0 Å². The molecule has 1 aromatic carbocycles. The molecule has 0 aromatic heterocycles. The van der Waals surface area contributed by atoms with Crippen molar-refractivity contribution in [1.82, 2.24) is 0 Å². The number of carbonyl (C=O) groups is 1. The van der Waals surface area contributed by atoms with Crippen molar-refractivity contribution in [3.8, 4) is 0 Å². The Bertz CT molecular complexity index is 453. The van der Waals surface area contributed by atoms with Crippen molar-refractivity contribution in [2.24, 2.45) is 11.3 Å². The second-order valence-electron chi connectivity index (χ2n) is 6.79. The minimum absolute atomic E-state index is 0.0837. The lowest BCUT2D eigenvalue weighted by Crippen LogP contribution is -2.35. The molecular weight excluding hydrogens is 252 g/mol. The quantitative estimate of drug-likeness (QED) is 0.860. The van der Waals surface area contributed by atoms with Gasteiger partial charge in [-0.3, -0.25) is 0 Å². The van der Waals surface area contributed by atoms with Gasteiger partial charge in [0.15, 0.2) is 6.10 Å². The van der Waals surface area contributed by atoms with Crippen molar-refractivity contribution < 1.29 is 14.6 Å². The smallest absolute Gasteiger partial charge is 0.339 e. The van der Waals surface area contributed by atoms with E-state index >= 15 is 0 Å². The Balaban J connectivity index is 1.97. The van der Waals surface area contributed by atoms with Crippen molar-refractivity contribution in [2.45, 2.75) is 52.2 Å². The van der Waals surface area contributed by atoms with Crippen LogP contribution in [0.5, 0.6) is 0 Å². The third-order valence-electron chi connectivity index (χ3n) is 3.97. The Morgan fingerprint density at radius 2 is 1.95 bits per heavy atom. The van der Waals surface area contributed by atoms with Crippen molar-refractivity contribution in [2.75, 3.05) is 0 Å². The van der Waals surface area contributed by atoms with Gasteiger partial charge in [0, 0.05) is 0 Å². The number of hydrogen-bond acceptors (Lipinski definition) is 3. The van der Waals surface area contributed by atoms with Crippen LogP contribution in [0.15, 0.2) is 30.3 Å². The van der Waals surface area contributed by atoms with E-state index in [0.29, 0.717) is 11.5 Å². The number of hydrogen-bond donors (Lipinski definition) is 1. The summed E-state index contributed by atoms with van der Waals surface area (Å²) in [6.07, 6.45) is 1.64. The average molecular weight is 276 g/mol. The van der Waals surface area contributed by atoms with Crippen molar-refractivity contribution >= 4 is 5.97 Å². The molecule has 20 heavy (non-hydrogen) atoms. The zero-order chi connectivity index (χ0) is 14.8. The number of esters is 1. The first-order valence-electron chi connectivity index (χ1n) is 7.31. The first-order valence-corrected chi connectivity index (χ1v) is 7.31. The highest BCUT2D eigenvalue weighted by molar-refractivity contribution is 5.76. The molecule has 110 valence electrons. The lowest BCUT2D eigenvalue weighted by atomic mass is 9.71. The number of rotatable bonds is 3. The van der Waals surface area contributed by atoms with E-state index in [4.69, 9.17) is 4.74 Å². The van der Waals surface area contributed by atoms with Gasteiger partial charge in [-0.15, -0.1) is 0 Å². The Kier molecular flexibility index (Phi) is 4.48. The highest BCUT2D eigenvalue weighted by Gasteiger charge is 2.35. The Labute approximate surface area is 121 Å². The van der Waals surface area contributed by atoms with Crippen LogP contribution in [0.25, 0.3) is 0 Å². The summed E-state index contributed by atoms with van der Waals surface area (Å²) in [7, 11) is 0. The van der Waals surface area contributed by atoms with Gasteiger partial charge in [0.1, 0.15) is 6.10 Å². The molecule has 2 rings (SSSR count). The van der Waals surface area contributed by atoms with Gasteiger partial charge in [0.2, 0.25) is 0 Å². The van der Waals surface area contributed by atoms with Crippen molar-refractivity contribution in [3.05, 3.63) is 35.9 Å². The molecule has 0 amide bonds. The molecule has 3 nitrogen and oxygen atoms in total. The second-order valence-corrected chi connectivity index (χ2v) is 6.79. The zero-order valence-electron chi connectivity index (χ0n) is 12.5. The van der Waals surface area contributed by atoms with Crippen molar-refractivity contribution in [3.63, 3.8) is 0 Å². The summed E-state index contributed by atoms with van der Waals surface area (Å²) in [5.74, 6) is 0.0107. The monoisotopic (exact) mass is 276 g/mol. The largest absolute Gasteiger partial charge is 0.460 e. The Morgan fingerprint density at radius 1 is 1.30 bits per heavy atom. The van der Waals surface area contributed by atoms with Crippen LogP contribution in [-0.2, 0) is 9.53 Å². The Hall–Kier alpha value is -1.35. The van der Waals surface area contributed by atoms with Crippen molar-refractivity contribution in [1.29, 1.82) is 0 Å². The molecular formula is C17H24O3. The maximum Gasteiger partial charge on any atom is 0.339 e. The van der Waals surface area contributed by atoms with E-state index in [2.05, 4.69) is 20.8 Å². The van der Waals surface area contributed by atoms with Crippen LogP contribution in [0.4, 0.5) is 0 Å². The van der Waals surface area contributed by atoms with E-state index in [1.807, 2.05) is 6.07 Å². The molecule has 1 fully saturated rings. The van der Waals surface area contributed by atoms with Gasteiger partial charge in [-0.1, -0.05) is 51.1 Å². The van der Waals surface area contributed by atoms with Crippen LogP contribution < -0.4 is 0 Å². The molecule has 3 atom stereocenters. The molecule has 0 unspecified atom stereocenters. The summed E-state index contributed by atoms with van der Waals surface area (Å²) in [5, 5.41) is 10.0. The maximum absolute atomic E-state index is 12.1. The lowest BCUT2D eigenvalue weighted by Gasteiger charge is -2.38. The van der Waals surface area contributed by atoms with E-state index in [0.717, 1.165) is 19.3 Å². The standard InChI is InChI=1S/C17H24O3/c1-12-9-14(11-17(2,3)10-12)20-16(19)15(18)13-7-5-4-6-8-13/h4-8,12,14-15,18H,9-11H2,1-3H3/t12-,14-,15+/m0/s1. The number of aliphatic hydroxyl groups excluding tert-OH is 1. The van der Waals surface area contributed by atoms with Crippen LogP contribution in [0.1, 0.15) is 51.7 Å². The summed E-state index contributed by atoms with van der Waals surface area (Å²) in [5.41, 5.74) is 0.779. The number of carbonyl (C=O) groups excluding carboxylic acids is 1. The average Bonchev–Trinajstić information content (AvgIpc) is 2.36. The topological polar surface area (TPSA) is 46.5 Å². The van der Waals surface area contributed by atoms with E-state index < -0.39 is 12.1 Å². The SMILES string of the molecule is C[C@H]1C[C@H](OC(=O)[C@H](O)c2ccccc2)CC(C)(C)C1. The van der Waals surface area contributed by atoms with Crippen LogP contribution >= 0.6 is 0 Å². The molecule has 0 spiro atoms. The third-order valence-corrected chi connectivity index (χ3v) is 3.97. The van der Waals surface area contributed by atoms with Crippen LogP contribution in [0.2, 0.25) is 0 Å². The molecule has 1 saturated carbocycles. The van der Waals surface area contributed by atoms with Gasteiger partial charge >= 0.3 is 5.97 Å². The first kappa shape index (κ1) is 15.0. The Morgan fingerprint density at radius 3 is 2.55 bits per heavy atom. The minimum Gasteiger partial charge on any atom is -0.460 e. The van der Waals surface area contributed by atoms with E-state index in [9.17, 15) is 9.90 Å². The molecule has 1 aliphatic carbocycles. The highest BCUT2D eigenvalue weighted by Crippen LogP contribution is 2.40. The summed E-state index contributed by atoms with van der Waals surface area (Å²) in [6.45, 7) is 6.60. The van der Waals surface area contributed by atoms with Gasteiger partial charge in [-0.25, -0.2) is 4.79 Å². The second kappa shape index (κ2) is 5.96. The fraction of sp³-hybridized carbons (Fsp3) is 0.588. The first-order chi connectivity index (χ1) is 9.37. The molecule has 1 aromatic rings. The molecule has 0 saturated heterocycles. The number of ether oxygens (including phenoxy) is 1. The lowest BCUT2D eigenvalue weighted by molar-refractivity contribution is -0.163. The molecule has 0 heterocycles. The summed E-state index contributed by atoms with van der Waals surface area (Å²) in [4.78, 5) is 12.1. The summed E-state index contributed by atoms with van der Waals surface area (Å²) < 4.78 is 5.52. The molecule has 0 bridgehead atoms.